The molecule has 1 heterocycles. The van der Waals surface area contributed by atoms with Gasteiger partial charge in [0.2, 0.25) is 0 Å². The number of hydrogen-bond acceptors (Lipinski definition) is 3. The summed E-state index contributed by atoms with van der Waals surface area (Å²) in [5, 5.41) is 14.9. The SMILES string of the molecule is O[C@H]1Cc2cccc(NCc3cc4ccccc4nc3Cl)c2C1. The Morgan fingerprint density at radius 1 is 1.13 bits per heavy atom. The Bertz CT molecular complexity index is 878. The van der Waals surface area contributed by atoms with Gasteiger partial charge in [0.05, 0.1) is 11.6 Å². The fraction of sp³-hybridized carbons (Fsp3) is 0.211. The average molecular weight is 325 g/mol. The van der Waals surface area contributed by atoms with Gasteiger partial charge in [-0.05, 0) is 35.7 Å². The van der Waals surface area contributed by atoms with Gasteiger partial charge in [-0.2, -0.15) is 0 Å². The van der Waals surface area contributed by atoms with Crippen molar-refractivity contribution in [1.29, 1.82) is 0 Å². The molecule has 0 saturated heterocycles. The van der Waals surface area contributed by atoms with Crippen LogP contribution in [0.3, 0.4) is 0 Å². The number of hydrogen-bond donors (Lipinski definition) is 2. The normalized spacial score (nSPS) is 16.5. The van der Waals surface area contributed by atoms with E-state index in [-0.39, 0.29) is 6.10 Å². The first-order valence-corrected chi connectivity index (χ1v) is 8.15. The number of para-hydroxylation sites is 1. The van der Waals surface area contributed by atoms with Crippen LogP contribution in [0.15, 0.2) is 48.5 Å². The first kappa shape index (κ1) is 14.5. The first-order valence-electron chi connectivity index (χ1n) is 7.77. The van der Waals surface area contributed by atoms with Crippen LogP contribution in [0.25, 0.3) is 10.9 Å². The van der Waals surface area contributed by atoms with E-state index >= 15 is 0 Å². The van der Waals surface area contributed by atoms with Crippen molar-refractivity contribution < 1.29 is 5.11 Å². The lowest BCUT2D eigenvalue weighted by Crippen LogP contribution is -2.06. The highest BCUT2D eigenvalue weighted by Crippen LogP contribution is 2.30. The zero-order valence-electron chi connectivity index (χ0n) is 12.6. The van der Waals surface area contributed by atoms with Crippen molar-refractivity contribution in [2.45, 2.75) is 25.5 Å². The number of pyridine rings is 1. The number of anilines is 1. The molecule has 0 unspecified atom stereocenters. The lowest BCUT2D eigenvalue weighted by atomic mass is 10.1. The molecule has 4 heteroatoms. The minimum atomic E-state index is -0.265. The number of aliphatic hydroxyl groups is 1. The lowest BCUT2D eigenvalue weighted by molar-refractivity contribution is 0.187. The fourth-order valence-corrected chi connectivity index (χ4v) is 3.46. The number of nitrogens with one attached hydrogen (secondary N) is 1. The van der Waals surface area contributed by atoms with Gasteiger partial charge in [-0.15, -0.1) is 0 Å². The van der Waals surface area contributed by atoms with Crippen molar-refractivity contribution in [3.05, 3.63) is 70.4 Å². The Balaban J connectivity index is 1.61. The third kappa shape index (κ3) is 2.78. The molecule has 1 atom stereocenters. The number of fused-ring (bicyclic) bond motifs is 2. The maximum atomic E-state index is 9.86. The Kier molecular flexibility index (Phi) is 3.68. The van der Waals surface area contributed by atoms with Gasteiger partial charge in [0.25, 0.3) is 0 Å². The van der Waals surface area contributed by atoms with Gasteiger partial charge < -0.3 is 10.4 Å². The number of rotatable bonds is 3. The second-order valence-electron chi connectivity index (χ2n) is 5.99. The molecular weight excluding hydrogens is 308 g/mol. The molecule has 0 spiro atoms. The molecule has 2 aromatic carbocycles. The molecule has 2 N–H and O–H groups in total. The fourth-order valence-electron chi connectivity index (χ4n) is 3.24. The minimum absolute atomic E-state index is 0.265. The molecule has 0 radical (unpaired) electrons. The van der Waals surface area contributed by atoms with E-state index in [0.29, 0.717) is 18.1 Å². The highest BCUT2D eigenvalue weighted by atomic mass is 35.5. The van der Waals surface area contributed by atoms with Crippen LogP contribution in [0.4, 0.5) is 5.69 Å². The number of benzene rings is 2. The molecule has 3 nitrogen and oxygen atoms in total. The Hall–Kier alpha value is -2.10. The molecule has 1 aliphatic carbocycles. The van der Waals surface area contributed by atoms with E-state index in [2.05, 4.69) is 28.5 Å². The van der Waals surface area contributed by atoms with Gasteiger partial charge in [0.1, 0.15) is 5.15 Å². The van der Waals surface area contributed by atoms with Crippen molar-refractivity contribution in [2.75, 3.05) is 5.32 Å². The second kappa shape index (κ2) is 5.84. The summed E-state index contributed by atoms with van der Waals surface area (Å²) in [5.74, 6) is 0. The Labute approximate surface area is 139 Å². The predicted octanol–water partition coefficient (Wildman–Crippen LogP) is 3.96. The van der Waals surface area contributed by atoms with Crippen LogP contribution >= 0.6 is 11.6 Å². The first-order chi connectivity index (χ1) is 11.2. The van der Waals surface area contributed by atoms with Gasteiger partial charge in [0.15, 0.2) is 0 Å². The average Bonchev–Trinajstić information content (AvgIpc) is 2.93. The number of halogens is 1. The molecular formula is C19H17ClN2O. The Morgan fingerprint density at radius 3 is 2.91 bits per heavy atom. The molecule has 4 rings (SSSR count). The van der Waals surface area contributed by atoms with E-state index in [4.69, 9.17) is 11.6 Å². The highest BCUT2D eigenvalue weighted by Gasteiger charge is 2.21. The van der Waals surface area contributed by atoms with Crippen LogP contribution in [0.2, 0.25) is 5.15 Å². The molecule has 0 aliphatic heterocycles. The molecule has 23 heavy (non-hydrogen) atoms. The summed E-state index contributed by atoms with van der Waals surface area (Å²) in [4.78, 5) is 4.46. The van der Waals surface area contributed by atoms with Gasteiger partial charge in [0, 0.05) is 29.6 Å². The summed E-state index contributed by atoms with van der Waals surface area (Å²) in [7, 11) is 0. The molecule has 1 aliphatic rings. The van der Waals surface area contributed by atoms with Crippen LogP contribution in [0.1, 0.15) is 16.7 Å². The largest absolute Gasteiger partial charge is 0.392 e. The van der Waals surface area contributed by atoms with E-state index in [9.17, 15) is 5.11 Å². The molecule has 0 fully saturated rings. The van der Waals surface area contributed by atoms with Crippen molar-refractivity contribution in [1.82, 2.24) is 4.98 Å². The zero-order valence-corrected chi connectivity index (χ0v) is 13.3. The summed E-state index contributed by atoms with van der Waals surface area (Å²) in [6.45, 7) is 0.614. The molecule has 0 amide bonds. The Morgan fingerprint density at radius 2 is 2.00 bits per heavy atom. The number of aliphatic hydroxyl groups excluding tert-OH is 1. The quantitative estimate of drug-likeness (QED) is 0.717. The van der Waals surface area contributed by atoms with Gasteiger partial charge in [-0.1, -0.05) is 41.9 Å². The van der Waals surface area contributed by atoms with Gasteiger partial charge in [-0.3, -0.25) is 0 Å². The highest BCUT2D eigenvalue weighted by molar-refractivity contribution is 6.30. The van der Waals surface area contributed by atoms with Crippen LogP contribution in [0, 0.1) is 0 Å². The van der Waals surface area contributed by atoms with Crippen LogP contribution in [0.5, 0.6) is 0 Å². The summed E-state index contributed by atoms with van der Waals surface area (Å²) in [5.41, 5.74) is 5.39. The number of aromatic nitrogens is 1. The maximum absolute atomic E-state index is 9.86. The van der Waals surface area contributed by atoms with Crippen LogP contribution in [-0.2, 0) is 19.4 Å². The molecule has 3 aromatic rings. The summed E-state index contributed by atoms with van der Waals surface area (Å²) >= 11 is 6.32. The van der Waals surface area contributed by atoms with E-state index < -0.39 is 0 Å². The van der Waals surface area contributed by atoms with E-state index in [1.807, 2.05) is 30.3 Å². The number of nitrogens with zero attached hydrogens (tertiary/aromatic N) is 1. The van der Waals surface area contributed by atoms with Crippen molar-refractivity contribution in [3.63, 3.8) is 0 Å². The monoisotopic (exact) mass is 324 g/mol. The molecule has 0 bridgehead atoms. The van der Waals surface area contributed by atoms with E-state index in [1.54, 1.807) is 0 Å². The van der Waals surface area contributed by atoms with Crippen LogP contribution in [-0.4, -0.2) is 16.2 Å². The lowest BCUT2D eigenvalue weighted by Gasteiger charge is -2.12. The summed E-state index contributed by atoms with van der Waals surface area (Å²) < 4.78 is 0. The zero-order chi connectivity index (χ0) is 15.8. The van der Waals surface area contributed by atoms with Gasteiger partial charge in [-0.25, -0.2) is 4.98 Å². The summed E-state index contributed by atoms with van der Waals surface area (Å²) in [6.07, 6.45) is 1.18. The predicted molar refractivity (Wildman–Crippen MR) is 93.9 cm³/mol. The maximum Gasteiger partial charge on any atom is 0.134 e. The van der Waals surface area contributed by atoms with Crippen molar-refractivity contribution in [3.8, 4) is 0 Å². The van der Waals surface area contributed by atoms with Crippen LogP contribution < -0.4 is 5.32 Å². The molecule has 1 aromatic heterocycles. The van der Waals surface area contributed by atoms with Crippen molar-refractivity contribution >= 4 is 28.2 Å². The van der Waals surface area contributed by atoms with Crippen molar-refractivity contribution in [2.24, 2.45) is 0 Å². The standard InChI is InChI=1S/C19H17ClN2O/c20-19-14(8-13-4-1-2-6-17(13)22-19)11-21-18-7-3-5-12-9-15(23)10-16(12)18/h1-8,15,21,23H,9-11H2/t15-/m0/s1. The van der Waals surface area contributed by atoms with Gasteiger partial charge >= 0.3 is 0 Å². The molecule has 0 saturated carbocycles. The molecule has 116 valence electrons. The van der Waals surface area contributed by atoms with E-state index in [1.165, 1.54) is 11.1 Å². The topological polar surface area (TPSA) is 45.1 Å². The minimum Gasteiger partial charge on any atom is -0.392 e. The smallest absolute Gasteiger partial charge is 0.134 e. The summed E-state index contributed by atoms with van der Waals surface area (Å²) in [6, 6.07) is 16.2. The third-order valence-corrected chi connectivity index (χ3v) is 4.71. The third-order valence-electron chi connectivity index (χ3n) is 4.39. The van der Waals surface area contributed by atoms with E-state index in [0.717, 1.165) is 28.6 Å². The second-order valence-corrected chi connectivity index (χ2v) is 6.35.